The van der Waals surface area contributed by atoms with Crippen LogP contribution in [0.3, 0.4) is 0 Å². The molecule has 0 saturated heterocycles. The van der Waals surface area contributed by atoms with Gasteiger partial charge in [-0.05, 0) is 27.8 Å². The van der Waals surface area contributed by atoms with Gasteiger partial charge in [-0.1, -0.05) is 0 Å². The van der Waals surface area contributed by atoms with Crippen molar-refractivity contribution in [3.63, 3.8) is 0 Å². The Kier molecular flexibility index (Phi) is 5.65. The van der Waals surface area contributed by atoms with Gasteiger partial charge in [-0.3, -0.25) is 4.90 Å². The van der Waals surface area contributed by atoms with E-state index in [1.165, 1.54) is 0 Å². The number of ether oxygens (including phenoxy) is 1. The first kappa shape index (κ1) is 14.8. The van der Waals surface area contributed by atoms with Crippen molar-refractivity contribution in [2.75, 3.05) is 13.7 Å². The Balaban J connectivity index is 4.37. The summed E-state index contributed by atoms with van der Waals surface area (Å²) in [6.45, 7) is 5.36. The van der Waals surface area contributed by atoms with Crippen LogP contribution in [0, 0.1) is 0 Å². The molecule has 0 spiro atoms. The molecule has 0 aliphatic rings. The minimum absolute atomic E-state index is 0.270. The molecule has 0 heterocycles. The predicted octanol–water partition coefficient (Wildman–Crippen LogP) is -1.32. The molecule has 0 radical (unpaired) electrons. The molecule has 6 nitrogen and oxygen atoms in total. The summed E-state index contributed by atoms with van der Waals surface area (Å²) in [5.74, 6) is 0. The normalized spacial score (nSPS) is 17.2. The van der Waals surface area contributed by atoms with Gasteiger partial charge in [-0.2, -0.15) is 0 Å². The fourth-order valence-electron chi connectivity index (χ4n) is 0.920. The molecule has 2 atom stereocenters. The first-order chi connectivity index (χ1) is 6.70. The number of aliphatic hydroxyl groups excluding tert-OH is 3. The van der Waals surface area contributed by atoms with Crippen LogP contribution in [0.25, 0.3) is 0 Å². The molecule has 4 N–H and O–H groups in total. The third kappa shape index (κ3) is 4.87. The lowest BCUT2D eigenvalue weighted by atomic mass is 10.1. The fourth-order valence-corrected chi connectivity index (χ4v) is 0.920. The van der Waals surface area contributed by atoms with E-state index >= 15 is 0 Å². The number of rotatable bonds is 5. The van der Waals surface area contributed by atoms with Crippen LogP contribution in [0.15, 0.2) is 0 Å². The monoisotopic (exact) mass is 223 g/mol. The summed E-state index contributed by atoms with van der Waals surface area (Å²) in [6, 6.07) is 0. The lowest BCUT2D eigenvalue weighted by Gasteiger charge is -2.38. The van der Waals surface area contributed by atoms with Gasteiger partial charge in [0.25, 0.3) is 0 Å². The van der Waals surface area contributed by atoms with Gasteiger partial charge in [0.05, 0.1) is 6.61 Å². The standard InChI is InChI=1S/C9H21NO5/c1-9(2,3)10(4)6(5-11)15-8(14)7(12)13/h6-8,11-14H,5H2,1-4H3. The van der Waals surface area contributed by atoms with Gasteiger partial charge in [0.2, 0.25) is 12.6 Å². The summed E-state index contributed by atoms with van der Waals surface area (Å²) in [4.78, 5) is 1.68. The van der Waals surface area contributed by atoms with Crippen molar-refractivity contribution in [3.05, 3.63) is 0 Å². The maximum Gasteiger partial charge on any atom is 0.208 e. The Labute approximate surface area is 89.7 Å². The van der Waals surface area contributed by atoms with E-state index in [0.717, 1.165) is 0 Å². The number of hydrogen-bond donors (Lipinski definition) is 4. The maximum atomic E-state index is 9.08. The molecule has 0 fully saturated rings. The van der Waals surface area contributed by atoms with Crippen LogP contribution in [0.2, 0.25) is 0 Å². The van der Waals surface area contributed by atoms with Crippen molar-refractivity contribution in [3.8, 4) is 0 Å². The lowest BCUT2D eigenvalue weighted by Crippen LogP contribution is -2.50. The van der Waals surface area contributed by atoms with Crippen LogP contribution in [0.1, 0.15) is 20.8 Å². The molecule has 0 amide bonds. The molecule has 0 rings (SSSR count). The van der Waals surface area contributed by atoms with Crippen LogP contribution in [0.5, 0.6) is 0 Å². The van der Waals surface area contributed by atoms with Gasteiger partial charge >= 0.3 is 0 Å². The van der Waals surface area contributed by atoms with Crippen LogP contribution in [-0.4, -0.2) is 63.3 Å². The number of aliphatic hydroxyl groups is 4. The summed E-state index contributed by atoms with van der Waals surface area (Å²) in [5.41, 5.74) is -0.270. The van der Waals surface area contributed by atoms with Crippen molar-refractivity contribution in [1.29, 1.82) is 0 Å². The van der Waals surface area contributed by atoms with E-state index in [1.54, 1.807) is 11.9 Å². The van der Waals surface area contributed by atoms with E-state index in [4.69, 9.17) is 25.2 Å². The van der Waals surface area contributed by atoms with E-state index in [9.17, 15) is 0 Å². The Hall–Kier alpha value is -0.240. The molecule has 0 saturated carbocycles. The summed E-state index contributed by atoms with van der Waals surface area (Å²) < 4.78 is 4.88. The molecule has 6 heteroatoms. The van der Waals surface area contributed by atoms with Crippen molar-refractivity contribution >= 4 is 0 Å². The minimum atomic E-state index is -1.98. The third-order valence-electron chi connectivity index (χ3n) is 2.20. The highest BCUT2D eigenvalue weighted by atomic mass is 16.7. The van der Waals surface area contributed by atoms with Gasteiger partial charge in [-0.25, -0.2) is 0 Å². The van der Waals surface area contributed by atoms with E-state index < -0.39 is 18.8 Å². The second kappa shape index (κ2) is 5.74. The fraction of sp³-hybridized carbons (Fsp3) is 1.00. The Morgan fingerprint density at radius 3 is 1.93 bits per heavy atom. The van der Waals surface area contributed by atoms with Crippen LogP contribution >= 0.6 is 0 Å². The zero-order valence-electron chi connectivity index (χ0n) is 9.58. The number of nitrogens with zero attached hydrogens (tertiary/aromatic N) is 1. The van der Waals surface area contributed by atoms with Gasteiger partial charge in [0, 0.05) is 5.54 Å². The average Bonchev–Trinajstić information content (AvgIpc) is 2.10. The highest BCUT2D eigenvalue weighted by molar-refractivity contribution is 4.75. The third-order valence-corrected chi connectivity index (χ3v) is 2.20. The summed E-state index contributed by atoms with van der Waals surface area (Å²) in [6.07, 6.45) is -4.50. The molecule has 0 aromatic carbocycles. The molecule has 0 aliphatic carbocycles. The first-order valence-corrected chi connectivity index (χ1v) is 4.73. The summed E-state index contributed by atoms with van der Waals surface area (Å²) in [5, 5.41) is 35.4. The molecule has 2 unspecified atom stereocenters. The highest BCUT2D eigenvalue weighted by Crippen LogP contribution is 2.16. The Morgan fingerprint density at radius 2 is 1.67 bits per heavy atom. The zero-order valence-corrected chi connectivity index (χ0v) is 9.58. The van der Waals surface area contributed by atoms with E-state index in [1.807, 2.05) is 20.8 Å². The van der Waals surface area contributed by atoms with E-state index in [-0.39, 0.29) is 12.1 Å². The van der Waals surface area contributed by atoms with Gasteiger partial charge < -0.3 is 25.2 Å². The molecule has 0 aliphatic heterocycles. The van der Waals surface area contributed by atoms with Gasteiger partial charge in [0.1, 0.15) is 6.23 Å². The van der Waals surface area contributed by atoms with E-state index in [2.05, 4.69) is 0 Å². The predicted molar refractivity (Wildman–Crippen MR) is 53.7 cm³/mol. The van der Waals surface area contributed by atoms with Gasteiger partial charge in [-0.15, -0.1) is 0 Å². The zero-order chi connectivity index (χ0) is 12.2. The molecular weight excluding hydrogens is 202 g/mol. The smallest absolute Gasteiger partial charge is 0.208 e. The first-order valence-electron chi connectivity index (χ1n) is 4.73. The highest BCUT2D eigenvalue weighted by Gasteiger charge is 2.28. The molecule has 92 valence electrons. The summed E-state index contributed by atoms with van der Waals surface area (Å²) in [7, 11) is 1.71. The Bertz CT molecular complexity index is 180. The number of likely N-dealkylation sites (N-methyl/N-ethyl adjacent to an activating group) is 1. The maximum absolute atomic E-state index is 9.08. The average molecular weight is 223 g/mol. The lowest BCUT2D eigenvalue weighted by molar-refractivity contribution is -0.277. The minimum Gasteiger partial charge on any atom is -0.392 e. The number of hydrogen-bond acceptors (Lipinski definition) is 6. The topological polar surface area (TPSA) is 93.4 Å². The second-order valence-electron chi connectivity index (χ2n) is 4.36. The van der Waals surface area contributed by atoms with E-state index in [0.29, 0.717) is 0 Å². The second-order valence-corrected chi connectivity index (χ2v) is 4.36. The summed E-state index contributed by atoms with van der Waals surface area (Å²) >= 11 is 0. The SMILES string of the molecule is CN(C(CO)OC(O)C(O)O)C(C)(C)C. The quantitative estimate of drug-likeness (QED) is 0.432. The molecule has 15 heavy (non-hydrogen) atoms. The van der Waals surface area contributed by atoms with Crippen molar-refractivity contribution in [1.82, 2.24) is 4.90 Å². The largest absolute Gasteiger partial charge is 0.392 e. The molecule has 0 aromatic heterocycles. The Morgan fingerprint density at radius 1 is 1.20 bits per heavy atom. The van der Waals surface area contributed by atoms with Crippen molar-refractivity contribution < 1.29 is 25.2 Å². The van der Waals surface area contributed by atoms with Crippen molar-refractivity contribution in [2.24, 2.45) is 0 Å². The van der Waals surface area contributed by atoms with Crippen LogP contribution < -0.4 is 0 Å². The van der Waals surface area contributed by atoms with Gasteiger partial charge in [0.15, 0.2) is 0 Å². The molecule has 0 bridgehead atoms. The molecular formula is C9H21NO5. The van der Waals surface area contributed by atoms with Crippen molar-refractivity contribution in [2.45, 2.75) is 45.1 Å². The molecule has 0 aromatic rings. The van der Waals surface area contributed by atoms with Crippen LogP contribution in [-0.2, 0) is 4.74 Å². The van der Waals surface area contributed by atoms with Crippen LogP contribution in [0.4, 0.5) is 0 Å².